The van der Waals surface area contributed by atoms with E-state index in [2.05, 4.69) is 10.6 Å². The van der Waals surface area contributed by atoms with Crippen LogP contribution in [0.4, 0.5) is 13.2 Å². The zero-order valence-corrected chi connectivity index (χ0v) is 11.8. The average molecular weight is 300 g/mol. The maximum atomic E-state index is 12.7. The van der Waals surface area contributed by atoms with E-state index < -0.39 is 17.8 Å². The van der Waals surface area contributed by atoms with Crippen LogP contribution in [0.3, 0.4) is 0 Å². The molecule has 1 aliphatic heterocycles. The van der Waals surface area contributed by atoms with Gasteiger partial charge in [0.15, 0.2) is 0 Å². The first-order valence-electron chi connectivity index (χ1n) is 7.09. The van der Waals surface area contributed by atoms with Crippen LogP contribution in [0.15, 0.2) is 24.3 Å². The van der Waals surface area contributed by atoms with E-state index in [1.54, 1.807) is 13.0 Å². The molecule has 0 saturated carbocycles. The number of amides is 1. The second-order valence-electron chi connectivity index (χ2n) is 5.36. The van der Waals surface area contributed by atoms with E-state index in [9.17, 15) is 18.0 Å². The summed E-state index contributed by atoms with van der Waals surface area (Å²) in [6.07, 6.45) is -1.57. The third-order valence-electron chi connectivity index (χ3n) is 3.70. The second-order valence-corrected chi connectivity index (χ2v) is 5.36. The van der Waals surface area contributed by atoms with Crippen molar-refractivity contribution in [2.24, 2.45) is 0 Å². The van der Waals surface area contributed by atoms with Gasteiger partial charge in [-0.3, -0.25) is 4.79 Å². The molecule has 2 atom stereocenters. The van der Waals surface area contributed by atoms with Crippen LogP contribution in [0.5, 0.6) is 0 Å². The lowest BCUT2D eigenvalue weighted by Gasteiger charge is -2.25. The Morgan fingerprint density at radius 1 is 1.38 bits per heavy atom. The second kappa shape index (κ2) is 6.47. The fourth-order valence-electron chi connectivity index (χ4n) is 2.46. The molecule has 3 nitrogen and oxygen atoms in total. The Hall–Kier alpha value is -1.56. The summed E-state index contributed by atoms with van der Waals surface area (Å²) in [5, 5.41) is 5.90. The van der Waals surface area contributed by atoms with Gasteiger partial charge < -0.3 is 10.6 Å². The zero-order chi connectivity index (χ0) is 15.5. The first kappa shape index (κ1) is 15.8. The lowest BCUT2D eigenvalue weighted by Crippen LogP contribution is -2.47. The lowest BCUT2D eigenvalue weighted by molar-refractivity contribution is -0.137. The minimum atomic E-state index is -4.37. The summed E-state index contributed by atoms with van der Waals surface area (Å²) in [6.45, 7) is 2.49. The number of rotatable bonds is 3. The highest BCUT2D eigenvalue weighted by Gasteiger charge is 2.31. The van der Waals surface area contributed by atoms with Crippen molar-refractivity contribution < 1.29 is 18.0 Å². The number of carbonyl (C=O) groups excluding carboxylic acids is 1. The largest absolute Gasteiger partial charge is 0.416 e. The standard InChI is InChI=1S/C15H19F3N2O/c1-10(20-14(21)13-7-2-3-8-19-13)11-5-4-6-12(9-11)15(16,17)18/h4-6,9-10,13,19H,2-3,7-8H2,1H3,(H,20,21)/t10?,13-/m1/s1. The zero-order valence-electron chi connectivity index (χ0n) is 11.8. The van der Waals surface area contributed by atoms with Crippen molar-refractivity contribution in [2.75, 3.05) is 6.54 Å². The summed E-state index contributed by atoms with van der Waals surface area (Å²) in [5.74, 6) is -0.153. The number of benzene rings is 1. The van der Waals surface area contributed by atoms with E-state index >= 15 is 0 Å². The van der Waals surface area contributed by atoms with Crippen LogP contribution in [0, 0.1) is 0 Å². The predicted molar refractivity (Wildman–Crippen MR) is 73.6 cm³/mol. The summed E-state index contributed by atoms with van der Waals surface area (Å²) in [6, 6.07) is 4.37. The number of carbonyl (C=O) groups is 1. The molecule has 0 radical (unpaired) electrons. The summed E-state index contributed by atoms with van der Waals surface area (Å²) in [5.41, 5.74) is -0.245. The maximum absolute atomic E-state index is 12.7. The molecule has 2 rings (SSSR count). The highest BCUT2D eigenvalue weighted by Crippen LogP contribution is 2.30. The molecule has 1 unspecified atom stereocenters. The van der Waals surface area contributed by atoms with Gasteiger partial charge in [-0.15, -0.1) is 0 Å². The Morgan fingerprint density at radius 2 is 2.14 bits per heavy atom. The Balaban J connectivity index is 2.02. The van der Waals surface area contributed by atoms with Crippen LogP contribution in [-0.4, -0.2) is 18.5 Å². The SMILES string of the molecule is CC(NC(=O)[C@H]1CCCCN1)c1cccc(C(F)(F)F)c1. The first-order valence-corrected chi connectivity index (χ1v) is 7.09. The molecule has 21 heavy (non-hydrogen) atoms. The molecule has 1 aromatic rings. The fourth-order valence-corrected chi connectivity index (χ4v) is 2.46. The highest BCUT2D eigenvalue weighted by atomic mass is 19.4. The van der Waals surface area contributed by atoms with Crippen LogP contribution in [0.25, 0.3) is 0 Å². The van der Waals surface area contributed by atoms with Gasteiger partial charge in [0.05, 0.1) is 17.6 Å². The molecular weight excluding hydrogens is 281 g/mol. The Bertz CT molecular complexity index is 496. The van der Waals surface area contributed by atoms with Crippen LogP contribution < -0.4 is 10.6 Å². The van der Waals surface area contributed by atoms with Crippen molar-refractivity contribution in [2.45, 2.75) is 44.4 Å². The number of halogens is 3. The molecule has 1 amide bonds. The van der Waals surface area contributed by atoms with Crippen molar-refractivity contribution >= 4 is 5.91 Å². The van der Waals surface area contributed by atoms with Crippen LogP contribution >= 0.6 is 0 Å². The molecular formula is C15H19F3N2O. The Kier molecular flexibility index (Phi) is 4.88. The molecule has 116 valence electrons. The minimum absolute atomic E-state index is 0.153. The lowest BCUT2D eigenvalue weighted by atomic mass is 10.0. The van der Waals surface area contributed by atoms with Crippen LogP contribution in [0.1, 0.15) is 43.4 Å². The number of alkyl halides is 3. The number of hydrogen-bond acceptors (Lipinski definition) is 2. The Morgan fingerprint density at radius 3 is 2.76 bits per heavy atom. The van der Waals surface area contributed by atoms with E-state index in [1.807, 2.05) is 0 Å². The van der Waals surface area contributed by atoms with Crippen molar-refractivity contribution in [1.82, 2.24) is 10.6 Å². The van der Waals surface area contributed by atoms with E-state index in [0.717, 1.165) is 37.9 Å². The topological polar surface area (TPSA) is 41.1 Å². The summed E-state index contributed by atoms with van der Waals surface area (Å²) in [4.78, 5) is 12.1. The minimum Gasteiger partial charge on any atom is -0.348 e. The third-order valence-corrected chi connectivity index (χ3v) is 3.70. The van der Waals surface area contributed by atoms with E-state index in [4.69, 9.17) is 0 Å². The first-order chi connectivity index (χ1) is 9.88. The smallest absolute Gasteiger partial charge is 0.348 e. The van der Waals surface area contributed by atoms with E-state index in [1.165, 1.54) is 6.07 Å². The molecule has 1 aliphatic rings. The predicted octanol–water partition coefficient (Wildman–Crippen LogP) is 3.02. The maximum Gasteiger partial charge on any atom is 0.416 e. The molecule has 1 fully saturated rings. The highest BCUT2D eigenvalue weighted by molar-refractivity contribution is 5.82. The van der Waals surface area contributed by atoms with Gasteiger partial charge in [0.1, 0.15) is 0 Å². The molecule has 1 saturated heterocycles. The number of piperidine rings is 1. The molecule has 0 spiro atoms. The van der Waals surface area contributed by atoms with Gasteiger partial charge in [-0.05, 0) is 44.0 Å². The molecule has 0 bridgehead atoms. The van der Waals surface area contributed by atoms with Crippen molar-refractivity contribution in [3.8, 4) is 0 Å². The van der Waals surface area contributed by atoms with Gasteiger partial charge in [0, 0.05) is 0 Å². The summed E-state index contributed by atoms with van der Waals surface area (Å²) >= 11 is 0. The molecule has 1 heterocycles. The molecule has 1 aromatic carbocycles. The molecule has 0 aromatic heterocycles. The monoisotopic (exact) mass is 300 g/mol. The fraction of sp³-hybridized carbons (Fsp3) is 0.533. The van der Waals surface area contributed by atoms with Crippen LogP contribution in [-0.2, 0) is 11.0 Å². The number of nitrogens with one attached hydrogen (secondary N) is 2. The molecule has 2 N–H and O–H groups in total. The van der Waals surface area contributed by atoms with Crippen molar-refractivity contribution in [3.05, 3.63) is 35.4 Å². The summed E-state index contributed by atoms with van der Waals surface area (Å²) in [7, 11) is 0. The quantitative estimate of drug-likeness (QED) is 0.901. The van der Waals surface area contributed by atoms with Gasteiger partial charge in [-0.25, -0.2) is 0 Å². The third kappa shape index (κ3) is 4.20. The van der Waals surface area contributed by atoms with Crippen molar-refractivity contribution in [3.63, 3.8) is 0 Å². The normalized spacial score (nSPS) is 20.9. The molecule has 6 heteroatoms. The van der Waals surface area contributed by atoms with E-state index in [0.29, 0.717) is 5.56 Å². The number of hydrogen-bond donors (Lipinski definition) is 2. The molecule has 0 aliphatic carbocycles. The van der Waals surface area contributed by atoms with Gasteiger partial charge >= 0.3 is 6.18 Å². The summed E-state index contributed by atoms with van der Waals surface area (Å²) < 4.78 is 38.1. The van der Waals surface area contributed by atoms with Crippen molar-refractivity contribution in [1.29, 1.82) is 0 Å². The van der Waals surface area contributed by atoms with E-state index in [-0.39, 0.29) is 11.9 Å². The van der Waals surface area contributed by atoms with Crippen LogP contribution in [0.2, 0.25) is 0 Å². The van der Waals surface area contributed by atoms with Gasteiger partial charge in [0.2, 0.25) is 5.91 Å². The van der Waals surface area contributed by atoms with Gasteiger partial charge in [0.25, 0.3) is 0 Å². The average Bonchev–Trinajstić information content (AvgIpc) is 2.47. The van der Waals surface area contributed by atoms with Gasteiger partial charge in [-0.1, -0.05) is 18.6 Å². The van der Waals surface area contributed by atoms with Gasteiger partial charge in [-0.2, -0.15) is 13.2 Å². The Labute approximate surface area is 121 Å².